The third-order valence-electron chi connectivity index (χ3n) is 2.43. The molecule has 0 bridgehead atoms. The van der Waals surface area contributed by atoms with Gasteiger partial charge in [0, 0.05) is 0 Å². The van der Waals surface area contributed by atoms with Crippen molar-refractivity contribution in [3.05, 3.63) is 10.3 Å². The van der Waals surface area contributed by atoms with E-state index < -0.39 is 31.1 Å². The van der Waals surface area contributed by atoms with Crippen molar-refractivity contribution in [1.29, 1.82) is 5.26 Å². The zero-order valence-corrected chi connectivity index (χ0v) is 9.36. The molecule has 92 valence electrons. The molecule has 0 radical (unpaired) electrons. The van der Waals surface area contributed by atoms with Crippen LogP contribution in [0.4, 0.5) is 0 Å². The molecule has 3 N–H and O–H groups in total. The fraction of sp³-hybridized carbons (Fsp3) is 0.625. The molecule has 1 aliphatic heterocycles. The molecule has 0 aliphatic carbocycles. The molecule has 4 atom stereocenters. The van der Waals surface area contributed by atoms with Crippen LogP contribution in [0.2, 0.25) is 0 Å². The van der Waals surface area contributed by atoms with E-state index >= 15 is 0 Å². The van der Waals surface area contributed by atoms with Gasteiger partial charge in [-0.05, 0) is 0 Å². The van der Waals surface area contributed by atoms with Crippen LogP contribution in [-0.4, -0.2) is 50.0 Å². The monoisotopic (exact) mass is 258 g/mol. The molecule has 4 unspecified atom stereocenters. The Kier molecular flexibility index (Phi) is 3.51. The molecule has 0 amide bonds. The largest absolute Gasteiger partial charge is 0.394 e. The van der Waals surface area contributed by atoms with Crippen LogP contribution in [-0.2, 0) is 4.74 Å². The minimum Gasteiger partial charge on any atom is -0.394 e. The fourth-order valence-electron chi connectivity index (χ4n) is 1.60. The lowest BCUT2D eigenvalue weighted by atomic mass is 10.1. The maximum Gasteiger partial charge on any atom is 0.221 e. The van der Waals surface area contributed by atoms with Gasteiger partial charge >= 0.3 is 0 Å². The van der Waals surface area contributed by atoms with E-state index in [9.17, 15) is 10.2 Å². The topological polar surface area (TPSA) is 124 Å². The van der Waals surface area contributed by atoms with Crippen molar-refractivity contribution in [2.75, 3.05) is 6.61 Å². The summed E-state index contributed by atoms with van der Waals surface area (Å²) < 4.78 is 6.46. The van der Waals surface area contributed by atoms with Crippen molar-refractivity contribution in [3.8, 4) is 6.19 Å². The van der Waals surface area contributed by atoms with Crippen molar-refractivity contribution in [2.45, 2.75) is 24.5 Å². The number of aliphatic hydroxyl groups excluding tert-OH is 3. The molecule has 1 aromatic heterocycles. The molecule has 8 nitrogen and oxygen atoms in total. The molecular formula is C8H10N4O4S. The summed E-state index contributed by atoms with van der Waals surface area (Å²) in [5.41, 5.74) is 1.44. The molecule has 1 saturated heterocycles. The van der Waals surface area contributed by atoms with Gasteiger partial charge in [0.05, 0.1) is 6.61 Å². The van der Waals surface area contributed by atoms with Crippen LogP contribution in [0.5, 0.6) is 0 Å². The smallest absolute Gasteiger partial charge is 0.221 e. The Bertz CT molecular complexity index is 492. The number of hydrogen-bond acceptors (Lipinski definition) is 8. The van der Waals surface area contributed by atoms with Gasteiger partial charge in [0.1, 0.15) is 23.8 Å². The van der Waals surface area contributed by atoms with Crippen LogP contribution in [0.3, 0.4) is 0 Å². The SMILES string of the molecule is N#CN=c1scnn1C1OC(CO)C(O)C1O. The van der Waals surface area contributed by atoms with Gasteiger partial charge in [0.2, 0.25) is 11.0 Å². The predicted octanol–water partition coefficient (Wildman–Crippen LogP) is -2.06. The highest BCUT2D eigenvalue weighted by Gasteiger charge is 2.44. The number of nitrogens with zero attached hydrogens (tertiary/aromatic N) is 4. The molecule has 2 heterocycles. The van der Waals surface area contributed by atoms with Gasteiger partial charge < -0.3 is 20.1 Å². The van der Waals surface area contributed by atoms with Crippen molar-refractivity contribution in [1.82, 2.24) is 9.78 Å². The third-order valence-corrected chi connectivity index (χ3v) is 3.12. The summed E-state index contributed by atoms with van der Waals surface area (Å²) in [4.78, 5) is 3.76. The van der Waals surface area contributed by atoms with E-state index in [0.29, 0.717) is 0 Å². The van der Waals surface area contributed by atoms with Gasteiger partial charge in [0.15, 0.2) is 6.23 Å². The number of nitriles is 1. The van der Waals surface area contributed by atoms with E-state index in [1.807, 2.05) is 0 Å². The second-order valence-corrected chi connectivity index (χ2v) is 4.22. The first kappa shape index (κ1) is 12.2. The maximum atomic E-state index is 9.76. The van der Waals surface area contributed by atoms with Gasteiger partial charge in [-0.2, -0.15) is 10.4 Å². The summed E-state index contributed by atoms with van der Waals surface area (Å²) in [5, 5.41) is 40.6. The highest BCUT2D eigenvalue weighted by molar-refractivity contribution is 7.06. The summed E-state index contributed by atoms with van der Waals surface area (Å²) in [5.74, 6) is 0. The molecule has 1 fully saturated rings. The van der Waals surface area contributed by atoms with Crippen molar-refractivity contribution in [2.24, 2.45) is 4.99 Å². The average molecular weight is 258 g/mol. The first-order chi connectivity index (χ1) is 8.19. The molecule has 2 rings (SSSR count). The normalized spacial score (nSPS) is 33.9. The minimum atomic E-state index is -1.23. The van der Waals surface area contributed by atoms with Gasteiger partial charge in [0.25, 0.3) is 0 Å². The lowest BCUT2D eigenvalue weighted by Gasteiger charge is -2.14. The van der Waals surface area contributed by atoms with Crippen LogP contribution in [0, 0.1) is 11.5 Å². The van der Waals surface area contributed by atoms with E-state index in [1.54, 1.807) is 6.19 Å². The Morgan fingerprint density at radius 3 is 2.94 bits per heavy atom. The van der Waals surface area contributed by atoms with Crippen LogP contribution in [0.1, 0.15) is 6.23 Å². The standard InChI is InChI=1S/C8H10N4O4S/c9-2-10-8-12(11-3-17-8)7-6(15)5(14)4(1-13)16-7/h3-7,13-15H,1H2. The number of rotatable bonds is 2. The summed E-state index contributed by atoms with van der Waals surface area (Å²) in [6.45, 7) is -0.413. The molecular weight excluding hydrogens is 248 g/mol. The Balaban J connectivity index is 2.33. The van der Waals surface area contributed by atoms with Gasteiger partial charge in [-0.25, -0.2) is 4.68 Å². The summed E-state index contributed by atoms with van der Waals surface area (Å²) >= 11 is 1.10. The summed E-state index contributed by atoms with van der Waals surface area (Å²) in [7, 11) is 0. The molecule has 1 aliphatic rings. The highest BCUT2D eigenvalue weighted by Crippen LogP contribution is 2.27. The van der Waals surface area contributed by atoms with E-state index in [0.717, 1.165) is 11.3 Å². The third kappa shape index (κ3) is 2.08. The number of hydrogen-bond donors (Lipinski definition) is 3. The van der Waals surface area contributed by atoms with Crippen molar-refractivity contribution in [3.63, 3.8) is 0 Å². The molecule has 0 spiro atoms. The molecule has 17 heavy (non-hydrogen) atoms. The van der Waals surface area contributed by atoms with E-state index in [2.05, 4.69) is 10.1 Å². The predicted molar refractivity (Wildman–Crippen MR) is 54.3 cm³/mol. The van der Waals surface area contributed by atoms with Gasteiger partial charge in [-0.3, -0.25) is 0 Å². The summed E-state index contributed by atoms with van der Waals surface area (Å²) in [6, 6.07) is 0. The maximum absolute atomic E-state index is 9.76. The Morgan fingerprint density at radius 1 is 1.59 bits per heavy atom. The van der Waals surface area contributed by atoms with Crippen molar-refractivity contribution >= 4 is 11.3 Å². The fourth-order valence-corrected chi connectivity index (χ4v) is 2.20. The van der Waals surface area contributed by atoms with Crippen LogP contribution < -0.4 is 4.80 Å². The zero-order valence-electron chi connectivity index (χ0n) is 8.54. The molecule has 1 aromatic rings. The first-order valence-electron chi connectivity index (χ1n) is 4.76. The van der Waals surface area contributed by atoms with Crippen molar-refractivity contribution < 1.29 is 20.1 Å². The van der Waals surface area contributed by atoms with Crippen LogP contribution in [0.25, 0.3) is 0 Å². The number of aromatic nitrogens is 2. The molecule has 0 saturated carbocycles. The Labute approximate surface area is 99.7 Å². The van der Waals surface area contributed by atoms with Gasteiger partial charge in [-0.1, -0.05) is 11.3 Å². The van der Waals surface area contributed by atoms with Gasteiger partial charge in [-0.15, -0.1) is 4.99 Å². The quantitative estimate of drug-likeness (QED) is 0.524. The second-order valence-electron chi connectivity index (χ2n) is 3.41. The molecule has 0 aromatic carbocycles. The van der Waals surface area contributed by atoms with Crippen LogP contribution >= 0.6 is 11.3 Å². The summed E-state index contributed by atoms with van der Waals surface area (Å²) in [6.07, 6.45) is -2.65. The van der Waals surface area contributed by atoms with E-state index in [4.69, 9.17) is 15.1 Å². The highest BCUT2D eigenvalue weighted by atomic mass is 32.1. The number of aliphatic hydroxyl groups is 3. The Morgan fingerprint density at radius 2 is 2.35 bits per heavy atom. The van der Waals surface area contributed by atoms with E-state index in [-0.39, 0.29) is 4.80 Å². The zero-order chi connectivity index (χ0) is 12.4. The van der Waals surface area contributed by atoms with Crippen LogP contribution in [0.15, 0.2) is 10.5 Å². The van der Waals surface area contributed by atoms with E-state index in [1.165, 1.54) is 10.2 Å². The average Bonchev–Trinajstić information content (AvgIpc) is 2.87. The first-order valence-corrected chi connectivity index (χ1v) is 5.64. The second kappa shape index (κ2) is 4.91. The molecule has 9 heteroatoms. The number of ether oxygens (including phenoxy) is 1. The Hall–Kier alpha value is -1.31. The lowest BCUT2D eigenvalue weighted by Crippen LogP contribution is -2.35. The minimum absolute atomic E-state index is 0.252. The lowest BCUT2D eigenvalue weighted by molar-refractivity contribution is -0.0602.